The largest absolute Gasteiger partial charge is 0.296 e. The molecule has 1 aromatic carbocycles. The second-order valence-corrected chi connectivity index (χ2v) is 7.55. The first-order valence-electron chi connectivity index (χ1n) is 7.19. The zero-order valence-corrected chi connectivity index (χ0v) is 12.5. The summed E-state index contributed by atoms with van der Waals surface area (Å²) >= 11 is 0. The first-order chi connectivity index (χ1) is 9.54. The van der Waals surface area contributed by atoms with Crippen molar-refractivity contribution in [2.45, 2.75) is 31.1 Å². The predicted molar refractivity (Wildman–Crippen MR) is 77.8 cm³/mol. The van der Waals surface area contributed by atoms with E-state index in [2.05, 4.69) is 12.2 Å². The molecule has 0 aromatic heterocycles. The zero-order valence-electron chi connectivity index (χ0n) is 11.7. The molecule has 0 radical (unpaired) electrons. The average molecular weight is 292 g/mol. The molecule has 0 heterocycles. The molecule has 108 valence electrons. The van der Waals surface area contributed by atoms with Gasteiger partial charge in [-0.3, -0.25) is 4.18 Å². The number of hydrogen-bond acceptors (Lipinski definition) is 3. The van der Waals surface area contributed by atoms with E-state index in [1.165, 1.54) is 12.8 Å². The van der Waals surface area contributed by atoms with Gasteiger partial charge in [-0.15, -0.1) is 0 Å². The minimum absolute atomic E-state index is 0.250. The Balaban J connectivity index is 1.66. The van der Waals surface area contributed by atoms with Crippen LogP contribution in [0.1, 0.15) is 24.8 Å². The summed E-state index contributed by atoms with van der Waals surface area (Å²) in [7, 11) is -3.62. The van der Waals surface area contributed by atoms with Crippen LogP contribution in [0.4, 0.5) is 0 Å². The van der Waals surface area contributed by atoms with Gasteiger partial charge >= 0.3 is 0 Å². The van der Waals surface area contributed by atoms with E-state index in [9.17, 15) is 8.42 Å². The fourth-order valence-electron chi connectivity index (χ4n) is 3.19. The van der Waals surface area contributed by atoms with Crippen LogP contribution in [0.25, 0.3) is 0 Å². The van der Waals surface area contributed by atoms with E-state index in [-0.39, 0.29) is 4.90 Å². The Kier molecular flexibility index (Phi) is 3.69. The molecule has 0 spiro atoms. The maximum absolute atomic E-state index is 12.2. The van der Waals surface area contributed by atoms with E-state index >= 15 is 0 Å². The number of allylic oxidation sites excluding steroid dienone is 2. The lowest BCUT2D eigenvalue weighted by atomic mass is 9.69. The Morgan fingerprint density at radius 2 is 1.90 bits per heavy atom. The van der Waals surface area contributed by atoms with Crippen molar-refractivity contribution in [3.05, 3.63) is 42.0 Å². The minimum Gasteiger partial charge on any atom is -0.266 e. The van der Waals surface area contributed by atoms with Crippen LogP contribution < -0.4 is 0 Å². The zero-order chi connectivity index (χ0) is 14.2. The Hall–Kier alpha value is -1.13. The average Bonchev–Trinajstić information content (AvgIpc) is 2.47. The normalized spacial score (nSPS) is 28.8. The van der Waals surface area contributed by atoms with E-state index in [1.54, 1.807) is 24.3 Å². The molecule has 1 saturated carbocycles. The van der Waals surface area contributed by atoms with Gasteiger partial charge in [-0.05, 0) is 56.1 Å². The molecule has 3 aliphatic carbocycles. The van der Waals surface area contributed by atoms with Crippen molar-refractivity contribution in [3.8, 4) is 0 Å². The van der Waals surface area contributed by atoms with Crippen molar-refractivity contribution in [1.82, 2.24) is 0 Å². The lowest BCUT2D eigenvalue weighted by Gasteiger charge is -2.37. The van der Waals surface area contributed by atoms with Crippen molar-refractivity contribution in [3.63, 3.8) is 0 Å². The first kappa shape index (κ1) is 13.8. The lowest BCUT2D eigenvalue weighted by Crippen LogP contribution is -2.31. The summed E-state index contributed by atoms with van der Waals surface area (Å²) in [6.45, 7) is 2.24. The van der Waals surface area contributed by atoms with E-state index in [4.69, 9.17) is 4.18 Å². The summed E-state index contributed by atoms with van der Waals surface area (Å²) in [4.78, 5) is 0.250. The fourth-order valence-corrected chi connectivity index (χ4v) is 4.15. The number of fused-ring (bicyclic) bond motifs is 2. The molecule has 0 N–H and O–H groups in total. The standard InChI is InChI=1S/C16H20O3S/c1-12-2-8-16(9-3-12)20(17,18)19-11-15-10-13-4-6-14(15)7-5-13/h2-4,6,8-9,13-15H,5,7,10-11H2,1H3/t13-,14+,15-/m1/s1. The minimum atomic E-state index is -3.62. The van der Waals surface area contributed by atoms with Gasteiger partial charge in [0.25, 0.3) is 10.1 Å². The molecule has 0 saturated heterocycles. The highest BCUT2D eigenvalue weighted by Gasteiger charge is 2.33. The first-order valence-corrected chi connectivity index (χ1v) is 8.60. The van der Waals surface area contributed by atoms with E-state index in [0.29, 0.717) is 24.4 Å². The Labute approximate surface area is 120 Å². The molecule has 20 heavy (non-hydrogen) atoms. The molecule has 3 nitrogen and oxygen atoms in total. The van der Waals surface area contributed by atoms with E-state index < -0.39 is 10.1 Å². The van der Waals surface area contributed by atoms with Crippen molar-refractivity contribution in [2.75, 3.05) is 6.61 Å². The molecule has 1 aromatic rings. The molecule has 0 amide bonds. The van der Waals surface area contributed by atoms with Crippen LogP contribution in [0.2, 0.25) is 0 Å². The smallest absolute Gasteiger partial charge is 0.266 e. The number of benzene rings is 1. The SMILES string of the molecule is Cc1ccc(S(=O)(=O)OC[C@H]2C[C@@H]3C=C[C@H]2CC3)cc1. The fraction of sp³-hybridized carbons (Fsp3) is 0.500. The second kappa shape index (κ2) is 5.34. The van der Waals surface area contributed by atoms with E-state index in [0.717, 1.165) is 12.0 Å². The molecule has 0 unspecified atom stereocenters. The topological polar surface area (TPSA) is 43.4 Å². The van der Waals surface area contributed by atoms with Gasteiger partial charge in [0.2, 0.25) is 0 Å². The summed E-state index contributed by atoms with van der Waals surface area (Å²) in [5.74, 6) is 1.46. The van der Waals surface area contributed by atoms with Gasteiger partial charge in [0.1, 0.15) is 0 Å². The van der Waals surface area contributed by atoms with Gasteiger partial charge in [0, 0.05) is 0 Å². The third-order valence-corrected chi connectivity index (χ3v) is 5.76. The Morgan fingerprint density at radius 1 is 1.15 bits per heavy atom. The van der Waals surface area contributed by atoms with Crippen LogP contribution in [0.15, 0.2) is 41.3 Å². The van der Waals surface area contributed by atoms with Crippen molar-refractivity contribution in [1.29, 1.82) is 0 Å². The number of aryl methyl sites for hydroxylation is 1. The highest BCUT2D eigenvalue weighted by Crippen LogP contribution is 2.40. The second-order valence-electron chi connectivity index (χ2n) is 5.93. The maximum atomic E-state index is 12.2. The summed E-state index contributed by atoms with van der Waals surface area (Å²) in [5, 5.41) is 0. The van der Waals surface area contributed by atoms with Crippen LogP contribution in [-0.4, -0.2) is 15.0 Å². The maximum Gasteiger partial charge on any atom is 0.296 e. The molecule has 4 heteroatoms. The van der Waals surface area contributed by atoms with Crippen molar-refractivity contribution < 1.29 is 12.6 Å². The highest BCUT2D eigenvalue weighted by molar-refractivity contribution is 7.86. The van der Waals surface area contributed by atoms with Gasteiger partial charge < -0.3 is 0 Å². The van der Waals surface area contributed by atoms with E-state index in [1.807, 2.05) is 6.92 Å². The summed E-state index contributed by atoms with van der Waals surface area (Å²) in [6.07, 6.45) is 7.98. The molecule has 3 aliphatic rings. The van der Waals surface area contributed by atoms with Crippen LogP contribution in [0.5, 0.6) is 0 Å². The Morgan fingerprint density at radius 3 is 2.45 bits per heavy atom. The highest BCUT2D eigenvalue weighted by atomic mass is 32.2. The summed E-state index contributed by atoms with van der Waals surface area (Å²) in [5.41, 5.74) is 1.04. The predicted octanol–water partition coefficient (Wildman–Crippen LogP) is 3.30. The van der Waals surface area contributed by atoms with Gasteiger partial charge in [0.05, 0.1) is 11.5 Å². The van der Waals surface area contributed by atoms with Gasteiger partial charge in [-0.2, -0.15) is 8.42 Å². The summed E-state index contributed by atoms with van der Waals surface area (Å²) < 4.78 is 29.6. The lowest BCUT2D eigenvalue weighted by molar-refractivity contribution is 0.146. The monoisotopic (exact) mass is 292 g/mol. The molecular weight excluding hydrogens is 272 g/mol. The molecule has 3 atom stereocenters. The summed E-state index contributed by atoms with van der Waals surface area (Å²) in [6, 6.07) is 6.80. The molecule has 0 aliphatic heterocycles. The molecule has 4 rings (SSSR count). The van der Waals surface area contributed by atoms with Crippen LogP contribution in [0.3, 0.4) is 0 Å². The molecule has 2 bridgehead atoms. The Bertz CT molecular complexity index is 601. The molecule has 1 fully saturated rings. The third kappa shape index (κ3) is 2.81. The number of hydrogen-bond donors (Lipinski definition) is 0. The van der Waals surface area contributed by atoms with Gasteiger partial charge in [-0.25, -0.2) is 0 Å². The van der Waals surface area contributed by atoms with Gasteiger partial charge in [-0.1, -0.05) is 29.8 Å². The van der Waals surface area contributed by atoms with Crippen LogP contribution in [-0.2, 0) is 14.3 Å². The quantitative estimate of drug-likeness (QED) is 0.631. The van der Waals surface area contributed by atoms with Crippen molar-refractivity contribution >= 4 is 10.1 Å². The van der Waals surface area contributed by atoms with Gasteiger partial charge in [0.15, 0.2) is 0 Å². The van der Waals surface area contributed by atoms with Crippen molar-refractivity contribution in [2.24, 2.45) is 17.8 Å². The van der Waals surface area contributed by atoms with Crippen LogP contribution in [0, 0.1) is 24.7 Å². The third-order valence-electron chi connectivity index (χ3n) is 4.46. The van der Waals surface area contributed by atoms with Crippen LogP contribution >= 0.6 is 0 Å². The molecular formula is C16H20O3S. The number of rotatable bonds is 4.